The van der Waals surface area contributed by atoms with Gasteiger partial charge in [0.2, 0.25) is 0 Å². The van der Waals surface area contributed by atoms with E-state index in [-0.39, 0.29) is 5.41 Å². The van der Waals surface area contributed by atoms with Crippen LogP contribution in [0.25, 0.3) is 55.6 Å². The Labute approximate surface area is 367 Å². The predicted octanol–water partition coefficient (Wildman–Crippen LogP) is 16.7. The zero-order valence-electron chi connectivity index (χ0n) is 35.8. The summed E-state index contributed by atoms with van der Waals surface area (Å²) in [5, 5.41) is 0. The quantitative estimate of drug-likeness (QED) is 0.148. The van der Waals surface area contributed by atoms with Gasteiger partial charge < -0.3 is 4.90 Å². The van der Waals surface area contributed by atoms with Crippen molar-refractivity contribution in [1.82, 2.24) is 0 Å². The number of nitrogens with zero attached hydrogens (tertiary/aromatic N) is 1. The molecule has 0 amide bonds. The SMILES string of the molecule is CC1(C)c2ccccc2-c2cc(-c3ccccc3)c(N(c3ccc(-c4ccccc4-c4ccccc4-c4ccccc4)cc3)c3ccc(C4C5CC6CC(C5)CC4C6)cc3)cc21. The molecule has 4 bridgehead atoms. The molecule has 1 heteroatoms. The van der Waals surface area contributed by atoms with E-state index < -0.39 is 0 Å². The lowest BCUT2D eigenvalue weighted by Crippen LogP contribution is -2.43. The fraction of sp³-hybridized carbons (Fsp3) is 0.213. The maximum atomic E-state index is 2.54. The Morgan fingerprint density at radius 3 is 1.39 bits per heavy atom. The van der Waals surface area contributed by atoms with Crippen molar-refractivity contribution in [3.05, 3.63) is 211 Å². The first-order chi connectivity index (χ1) is 30.5. The Morgan fingerprint density at radius 2 is 0.823 bits per heavy atom. The number of fused-ring (bicyclic) bond motifs is 3. The molecule has 5 aliphatic carbocycles. The highest BCUT2D eigenvalue weighted by molar-refractivity contribution is 5.96. The van der Waals surface area contributed by atoms with Gasteiger partial charge in [0.1, 0.15) is 0 Å². The maximum absolute atomic E-state index is 2.54. The van der Waals surface area contributed by atoms with E-state index in [0.29, 0.717) is 5.92 Å². The zero-order valence-corrected chi connectivity index (χ0v) is 35.8. The van der Waals surface area contributed by atoms with Crippen LogP contribution in [0.15, 0.2) is 194 Å². The second kappa shape index (κ2) is 14.9. The summed E-state index contributed by atoms with van der Waals surface area (Å²) in [6, 6.07) is 72.8. The van der Waals surface area contributed by atoms with Gasteiger partial charge in [-0.15, -0.1) is 0 Å². The molecule has 0 heterocycles. The molecule has 0 aromatic heterocycles. The van der Waals surface area contributed by atoms with Crippen LogP contribution in [0.2, 0.25) is 0 Å². The molecule has 5 aliphatic rings. The molecule has 0 aliphatic heterocycles. The van der Waals surface area contributed by atoms with Crippen LogP contribution in [-0.4, -0.2) is 0 Å². The molecule has 1 nitrogen and oxygen atoms in total. The van der Waals surface area contributed by atoms with Crippen molar-refractivity contribution in [2.24, 2.45) is 23.7 Å². The minimum atomic E-state index is -0.130. The smallest absolute Gasteiger partial charge is 0.0543 e. The van der Waals surface area contributed by atoms with Crippen molar-refractivity contribution >= 4 is 17.1 Å². The van der Waals surface area contributed by atoms with Crippen LogP contribution in [-0.2, 0) is 5.41 Å². The number of benzene rings is 8. The fourth-order valence-corrected chi connectivity index (χ4v) is 12.9. The third-order valence-electron chi connectivity index (χ3n) is 15.5. The van der Waals surface area contributed by atoms with Gasteiger partial charge in [-0.2, -0.15) is 0 Å². The third kappa shape index (κ3) is 6.19. The highest BCUT2D eigenvalue weighted by atomic mass is 15.1. The summed E-state index contributed by atoms with van der Waals surface area (Å²) in [5.41, 5.74) is 20.3. The third-order valence-corrected chi connectivity index (χ3v) is 15.5. The summed E-state index contributed by atoms with van der Waals surface area (Å²) in [7, 11) is 0. The highest BCUT2D eigenvalue weighted by Crippen LogP contribution is 2.60. The molecule has 4 saturated carbocycles. The lowest BCUT2D eigenvalue weighted by Gasteiger charge is -2.54. The molecule has 0 atom stereocenters. The Bertz CT molecular complexity index is 2890. The second-order valence-electron chi connectivity index (χ2n) is 19.3. The summed E-state index contributed by atoms with van der Waals surface area (Å²) in [5.74, 6) is 4.37. The summed E-state index contributed by atoms with van der Waals surface area (Å²) < 4.78 is 0. The minimum Gasteiger partial charge on any atom is -0.310 e. The molecule has 0 unspecified atom stereocenters. The van der Waals surface area contributed by atoms with Crippen LogP contribution in [0.1, 0.15) is 68.6 Å². The maximum Gasteiger partial charge on any atom is 0.0543 e. The molecule has 62 heavy (non-hydrogen) atoms. The van der Waals surface area contributed by atoms with Gasteiger partial charge in [0.25, 0.3) is 0 Å². The van der Waals surface area contributed by atoms with E-state index in [1.807, 2.05) is 0 Å². The van der Waals surface area contributed by atoms with Crippen molar-refractivity contribution in [1.29, 1.82) is 0 Å². The number of hydrogen-bond donors (Lipinski definition) is 0. The fourth-order valence-electron chi connectivity index (χ4n) is 12.9. The molecule has 0 radical (unpaired) electrons. The topological polar surface area (TPSA) is 3.24 Å². The normalized spacial score (nSPS) is 21.4. The van der Waals surface area contributed by atoms with E-state index in [4.69, 9.17) is 0 Å². The van der Waals surface area contributed by atoms with E-state index >= 15 is 0 Å². The van der Waals surface area contributed by atoms with Crippen LogP contribution >= 0.6 is 0 Å². The van der Waals surface area contributed by atoms with Crippen molar-refractivity contribution in [2.75, 3.05) is 4.90 Å². The number of anilines is 3. The van der Waals surface area contributed by atoms with Gasteiger partial charge >= 0.3 is 0 Å². The van der Waals surface area contributed by atoms with E-state index in [0.717, 1.165) is 29.4 Å². The Hall–Kier alpha value is -6.44. The molecule has 8 aromatic carbocycles. The minimum absolute atomic E-state index is 0.130. The molecular weight excluding hydrogens is 747 g/mol. The average molecular weight is 800 g/mol. The van der Waals surface area contributed by atoms with Gasteiger partial charge in [-0.3, -0.25) is 0 Å². The van der Waals surface area contributed by atoms with E-state index in [2.05, 4.69) is 213 Å². The summed E-state index contributed by atoms with van der Waals surface area (Å²) in [4.78, 5) is 2.54. The van der Waals surface area contributed by atoms with Crippen LogP contribution in [0.3, 0.4) is 0 Å². The predicted molar refractivity (Wildman–Crippen MR) is 260 cm³/mol. The van der Waals surface area contributed by atoms with Gasteiger partial charge in [-0.25, -0.2) is 0 Å². The Morgan fingerprint density at radius 1 is 0.371 bits per heavy atom. The lowest BCUT2D eigenvalue weighted by atomic mass is 9.51. The van der Waals surface area contributed by atoms with Crippen molar-refractivity contribution in [2.45, 2.75) is 57.3 Å². The van der Waals surface area contributed by atoms with Gasteiger partial charge in [0.15, 0.2) is 0 Å². The van der Waals surface area contributed by atoms with E-state index in [1.165, 1.54) is 110 Å². The van der Waals surface area contributed by atoms with Gasteiger partial charge in [0, 0.05) is 22.4 Å². The largest absolute Gasteiger partial charge is 0.310 e. The monoisotopic (exact) mass is 799 g/mol. The molecule has 302 valence electrons. The van der Waals surface area contributed by atoms with Crippen molar-refractivity contribution < 1.29 is 0 Å². The summed E-state index contributed by atoms with van der Waals surface area (Å²) >= 11 is 0. The van der Waals surface area contributed by atoms with Crippen molar-refractivity contribution in [3.8, 4) is 55.6 Å². The van der Waals surface area contributed by atoms with Crippen molar-refractivity contribution in [3.63, 3.8) is 0 Å². The molecule has 0 N–H and O–H groups in total. The second-order valence-corrected chi connectivity index (χ2v) is 19.3. The van der Waals surface area contributed by atoms with Gasteiger partial charge in [-0.1, -0.05) is 172 Å². The van der Waals surface area contributed by atoms with E-state index in [1.54, 1.807) is 5.56 Å². The van der Waals surface area contributed by atoms with Crippen LogP contribution in [0, 0.1) is 23.7 Å². The molecule has 13 rings (SSSR count). The zero-order chi connectivity index (χ0) is 41.4. The van der Waals surface area contributed by atoms with Gasteiger partial charge in [0.05, 0.1) is 5.69 Å². The standard InChI is InChI=1S/C61H53N/c1-61(2)57-24-14-13-23-54(57)56-38-55(43-17-7-4-8-18-43)59(39-58(56)61)62(49-31-27-45(28-32-49)60-46-34-40-33-41(36-46)37-47(60)35-40)48-29-25-44(26-30-48)51-20-10-12-22-53(51)52-21-11-9-19-50(52)42-15-5-3-6-16-42/h3-32,38-41,46-47,60H,33-37H2,1-2H3. The number of hydrogen-bond acceptors (Lipinski definition) is 1. The van der Waals surface area contributed by atoms with Crippen LogP contribution in [0.5, 0.6) is 0 Å². The first-order valence-corrected chi connectivity index (χ1v) is 23.1. The van der Waals surface area contributed by atoms with Gasteiger partial charge in [-0.05, 0) is 165 Å². The molecule has 0 spiro atoms. The lowest BCUT2D eigenvalue weighted by molar-refractivity contribution is -0.00277. The van der Waals surface area contributed by atoms with E-state index in [9.17, 15) is 0 Å². The summed E-state index contributed by atoms with van der Waals surface area (Å²) in [6.07, 6.45) is 7.24. The highest BCUT2D eigenvalue weighted by Gasteiger charge is 2.48. The first kappa shape index (κ1) is 37.3. The molecular formula is C61H53N. The van der Waals surface area contributed by atoms with Crippen LogP contribution < -0.4 is 4.90 Å². The Kier molecular flexibility index (Phi) is 8.96. The average Bonchev–Trinajstić information content (AvgIpc) is 3.54. The molecule has 4 fully saturated rings. The molecule has 0 saturated heterocycles. The van der Waals surface area contributed by atoms with Crippen LogP contribution in [0.4, 0.5) is 17.1 Å². The summed E-state index contributed by atoms with van der Waals surface area (Å²) in [6.45, 7) is 4.80. The Balaban J connectivity index is 1.00. The number of rotatable bonds is 8. The first-order valence-electron chi connectivity index (χ1n) is 23.1. The molecule has 8 aromatic rings.